The number of carbonyl (C=O) groups excluding carboxylic acids is 1. The summed E-state index contributed by atoms with van der Waals surface area (Å²) in [5.41, 5.74) is 2.88. The van der Waals surface area contributed by atoms with Crippen LogP contribution >= 0.6 is 11.6 Å². The molecule has 1 aliphatic rings. The molecule has 1 fully saturated rings. The molecule has 5 nitrogen and oxygen atoms in total. The zero-order valence-electron chi connectivity index (χ0n) is 11.7. The Bertz CT molecular complexity index is 474. The summed E-state index contributed by atoms with van der Waals surface area (Å²) in [6, 6.07) is 1.60. The number of anilines is 1. The van der Waals surface area contributed by atoms with Gasteiger partial charge in [-0.1, -0.05) is 30.9 Å². The molecule has 3 N–H and O–H groups in total. The number of halogens is 1. The summed E-state index contributed by atoms with van der Waals surface area (Å²) in [5.74, 6) is 6.21. The van der Waals surface area contributed by atoms with E-state index in [-0.39, 0.29) is 5.91 Å². The van der Waals surface area contributed by atoms with Gasteiger partial charge in [-0.25, -0.2) is 10.8 Å². The van der Waals surface area contributed by atoms with E-state index >= 15 is 0 Å². The highest BCUT2D eigenvalue weighted by atomic mass is 35.5. The molecule has 2 rings (SSSR count). The van der Waals surface area contributed by atoms with Gasteiger partial charge in [0, 0.05) is 19.8 Å². The number of nitrogens with zero attached hydrogens (tertiary/aromatic N) is 2. The lowest BCUT2D eigenvalue weighted by Crippen LogP contribution is -2.32. The topological polar surface area (TPSA) is 71.2 Å². The number of nitrogen functional groups attached to an aromatic ring is 1. The monoisotopic (exact) mass is 296 g/mol. The van der Waals surface area contributed by atoms with E-state index in [9.17, 15) is 4.79 Å². The molecule has 1 amide bonds. The molecular formula is C14H21ClN4O. The van der Waals surface area contributed by atoms with Crippen molar-refractivity contribution in [1.82, 2.24) is 9.88 Å². The minimum Gasteiger partial charge on any atom is -0.341 e. The summed E-state index contributed by atoms with van der Waals surface area (Å²) in [6.45, 7) is 0.799. The Balaban J connectivity index is 2.00. The summed E-state index contributed by atoms with van der Waals surface area (Å²) in [6.07, 6.45) is 7.80. The molecule has 0 atom stereocenters. The normalized spacial score (nSPS) is 15.9. The van der Waals surface area contributed by atoms with E-state index < -0.39 is 0 Å². The standard InChI is InChI=1S/C14H21ClN4O/c1-19(9-10-5-3-2-4-6-10)14(20)11-7-12(15)13(18-16)17-8-11/h7-8,10H,2-6,9,16H2,1H3,(H,17,18). The molecule has 0 saturated heterocycles. The Morgan fingerprint density at radius 2 is 2.20 bits per heavy atom. The highest BCUT2D eigenvalue weighted by molar-refractivity contribution is 6.33. The van der Waals surface area contributed by atoms with Crippen LogP contribution in [0.15, 0.2) is 12.3 Å². The van der Waals surface area contributed by atoms with Crippen LogP contribution in [-0.4, -0.2) is 29.4 Å². The van der Waals surface area contributed by atoms with Gasteiger partial charge < -0.3 is 10.3 Å². The summed E-state index contributed by atoms with van der Waals surface area (Å²) in [4.78, 5) is 18.1. The van der Waals surface area contributed by atoms with Crippen molar-refractivity contribution in [2.45, 2.75) is 32.1 Å². The van der Waals surface area contributed by atoms with Crippen LogP contribution in [0.4, 0.5) is 5.82 Å². The van der Waals surface area contributed by atoms with Crippen molar-refractivity contribution in [3.8, 4) is 0 Å². The first kappa shape index (κ1) is 15.1. The smallest absolute Gasteiger partial charge is 0.255 e. The first-order valence-corrected chi connectivity index (χ1v) is 7.37. The van der Waals surface area contributed by atoms with Gasteiger partial charge in [0.1, 0.15) is 0 Å². The lowest BCUT2D eigenvalue weighted by Gasteiger charge is -2.27. The van der Waals surface area contributed by atoms with E-state index in [1.165, 1.54) is 38.3 Å². The van der Waals surface area contributed by atoms with Crippen molar-refractivity contribution in [2.75, 3.05) is 19.0 Å². The van der Waals surface area contributed by atoms with Crippen molar-refractivity contribution in [2.24, 2.45) is 11.8 Å². The maximum absolute atomic E-state index is 12.3. The third kappa shape index (κ3) is 3.61. The van der Waals surface area contributed by atoms with Crippen LogP contribution < -0.4 is 11.3 Å². The van der Waals surface area contributed by atoms with Crippen LogP contribution in [0, 0.1) is 5.92 Å². The van der Waals surface area contributed by atoms with Crippen molar-refractivity contribution in [3.63, 3.8) is 0 Å². The highest BCUT2D eigenvalue weighted by Gasteiger charge is 2.20. The number of pyridine rings is 1. The fourth-order valence-electron chi connectivity index (χ4n) is 2.72. The van der Waals surface area contributed by atoms with Crippen LogP contribution in [0.2, 0.25) is 5.02 Å². The van der Waals surface area contributed by atoms with Crippen LogP contribution in [0.5, 0.6) is 0 Å². The zero-order chi connectivity index (χ0) is 14.5. The second-order valence-corrected chi connectivity index (χ2v) is 5.80. The highest BCUT2D eigenvalue weighted by Crippen LogP contribution is 2.25. The van der Waals surface area contributed by atoms with E-state index in [0.29, 0.717) is 22.3 Å². The molecular weight excluding hydrogens is 276 g/mol. The fourth-order valence-corrected chi connectivity index (χ4v) is 2.94. The quantitative estimate of drug-likeness (QED) is 0.662. The summed E-state index contributed by atoms with van der Waals surface area (Å²) in [5, 5.41) is 0.351. The predicted molar refractivity (Wildman–Crippen MR) is 80.6 cm³/mol. The fraction of sp³-hybridized carbons (Fsp3) is 0.571. The number of rotatable bonds is 4. The number of carbonyl (C=O) groups is 1. The molecule has 20 heavy (non-hydrogen) atoms. The Labute approximate surface area is 124 Å². The summed E-state index contributed by atoms with van der Waals surface area (Å²) < 4.78 is 0. The number of hydrogen-bond acceptors (Lipinski definition) is 4. The van der Waals surface area contributed by atoms with Gasteiger partial charge in [0.15, 0.2) is 5.82 Å². The molecule has 1 aliphatic carbocycles. The summed E-state index contributed by atoms with van der Waals surface area (Å²) in [7, 11) is 1.83. The summed E-state index contributed by atoms with van der Waals surface area (Å²) >= 11 is 5.99. The second-order valence-electron chi connectivity index (χ2n) is 5.39. The molecule has 0 bridgehead atoms. The first-order chi connectivity index (χ1) is 9.61. The van der Waals surface area contributed by atoms with Crippen LogP contribution in [0.1, 0.15) is 42.5 Å². The molecule has 0 aromatic carbocycles. The molecule has 1 saturated carbocycles. The average Bonchev–Trinajstić information content (AvgIpc) is 2.47. The third-order valence-corrected chi connectivity index (χ3v) is 4.12. The third-order valence-electron chi connectivity index (χ3n) is 3.83. The maximum Gasteiger partial charge on any atom is 0.255 e. The molecule has 1 heterocycles. The largest absolute Gasteiger partial charge is 0.341 e. The van der Waals surface area contributed by atoms with Gasteiger partial charge >= 0.3 is 0 Å². The van der Waals surface area contributed by atoms with Crippen molar-refractivity contribution in [3.05, 3.63) is 22.8 Å². The molecule has 0 spiro atoms. The lowest BCUT2D eigenvalue weighted by atomic mass is 9.89. The van der Waals surface area contributed by atoms with E-state index in [4.69, 9.17) is 17.4 Å². The number of nitrogens with two attached hydrogens (primary N) is 1. The molecule has 0 unspecified atom stereocenters. The minimum absolute atomic E-state index is 0.0476. The minimum atomic E-state index is -0.0476. The Morgan fingerprint density at radius 3 is 2.80 bits per heavy atom. The van der Waals surface area contributed by atoms with Gasteiger partial charge in [-0.3, -0.25) is 4.79 Å². The Hall–Kier alpha value is -1.33. The average molecular weight is 297 g/mol. The van der Waals surface area contributed by atoms with E-state index in [2.05, 4.69) is 10.4 Å². The van der Waals surface area contributed by atoms with Gasteiger partial charge in [-0.05, 0) is 24.8 Å². The van der Waals surface area contributed by atoms with Gasteiger partial charge in [0.05, 0.1) is 10.6 Å². The first-order valence-electron chi connectivity index (χ1n) is 6.99. The van der Waals surface area contributed by atoms with Gasteiger partial charge in [0.25, 0.3) is 5.91 Å². The SMILES string of the molecule is CN(CC1CCCCC1)C(=O)c1cnc(NN)c(Cl)c1. The Kier molecular flexibility index (Phi) is 5.20. The van der Waals surface area contributed by atoms with Crippen LogP contribution in [0.3, 0.4) is 0 Å². The molecule has 110 valence electrons. The molecule has 6 heteroatoms. The molecule has 1 aromatic rings. The van der Waals surface area contributed by atoms with E-state index in [1.807, 2.05) is 7.05 Å². The number of nitrogens with one attached hydrogen (secondary N) is 1. The predicted octanol–water partition coefficient (Wildman–Crippen LogP) is 2.67. The number of aromatic nitrogens is 1. The number of amides is 1. The second kappa shape index (κ2) is 6.90. The van der Waals surface area contributed by atoms with Gasteiger partial charge in [-0.15, -0.1) is 0 Å². The molecule has 1 aromatic heterocycles. The van der Waals surface area contributed by atoms with E-state index in [0.717, 1.165) is 6.54 Å². The van der Waals surface area contributed by atoms with E-state index in [1.54, 1.807) is 11.0 Å². The molecule has 0 aliphatic heterocycles. The van der Waals surface area contributed by atoms with Gasteiger partial charge in [0.2, 0.25) is 0 Å². The number of hydrogen-bond donors (Lipinski definition) is 2. The van der Waals surface area contributed by atoms with Gasteiger partial charge in [-0.2, -0.15) is 0 Å². The van der Waals surface area contributed by atoms with Crippen LogP contribution in [0.25, 0.3) is 0 Å². The van der Waals surface area contributed by atoms with Crippen molar-refractivity contribution < 1.29 is 4.79 Å². The molecule has 0 radical (unpaired) electrons. The van der Waals surface area contributed by atoms with Crippen LogP contribution in [-0.2, 0) is 0 Å². The maximum atomic E-state index is 12.3. The van der Waals surface area contributed by atoms with Crippen molar-refractivity contribution >= 4 is 23.3 Å². The Morgan fingerprint density at radius 1 is 1.50 bits per heavy atom. The van der Waals surface area contributed by atoms with Crippen molar-refractivity contribution in [1.29, 1.82) is 0 Å². The zero-order valence-corrected chi connectivity index (χ0v) is 12.5. The number of hydrazine groups is 1. The lowest BCUT2D eigenvalue weighted by molar-refractivity contribution is 0.0760.